The van der Waals surface area contributed by atoms with Crippen LogP contribution in [0.25, 0.3) is 0 Å². The van der Waals surface area contributed by atoms with Gasteiger partial charge in [0.15, 0.2) is 0 Å². The maximum atomic E-state index is 12.3. The molecule has 18 heavy (non-hydrogen) atoms. The molecule has 1 saturated heterocycles. The predicted octanol–water partition coefficient (Wildman–Crippen LogP) is 0.454. The molecule has 1 N–H and O–H groups in total. The molecule has 0 radical (unpaired) electrons. The van der Waals surface area contributed by atoms with Gasteiger partial charge in [0.25, 0.3) is 0 Å². The molecule has 0 aromatic rings. The number of rotatable bonds is 5. The summed E-state index contributed by atoms with van der Waals surface area (Å²) in [6.07, 6.45) is 2.00. The fraction of sp³-hybridized carbons (Fsp3) is 0.846. The number of hydrogen-bond acceptors (Lipinski definition) is 3. The molecule has 1 aliphatic rings. The van der Waals surface area contributed by atoms with Crippen molar-refractivity contribution in [3.8, 4) is 0 Å². The Bertz CT molecular complexity index is 305. The first-order chi connectivity index (χ1) is 8.45. The molecule has 5 heteroatoms. The highest BCUT2D eigenvalue weighted by Gasteiger charge is 2.30. The molecular weight excluding hydrogens is 230 g/mol. The zero-order chi connectivity index (χ0) is 13.7. The van der Waals surface area contributed by atoms with Crippen LogP contribution in [-0.4, -0.2) is 60.9 Å². The van der Waals surface area contributed by atoms with E-state index in [1.165, 1.54) is 0 Å². The van der Waals surface area contributed by atoms with Gasteiger partial charge >= 0.3 is 0 Å². The quantitative estimate of drug-likeness (QED) is 0.776. The van der Waals surface area contributed by atoms with Crippen molar-refractivity contribution in [2.45, 2.75) is 45.2 Å². The van der Waals surface area contributed by atoms with E-state index >= 15 is 0 Å². The van der Waals surface area contributed by atoms with Crippen molar-refractivity contribution >= 4 is 11.8 Å². The van der Waals surface area contributed by atoms with Gasteiger partial charge in [-0.2, -0.15) is 0 Å². The first-order valence-corrected chi connectivity index (χ1v) is 6.70. The minimum absolute atomic E-state index is 0.0162. The monoisotopic (exact) mass is 255 g/mol. The topological polar surface area (TPSA) is 52.7 Å². The lowest BCUT2D eigenvalue weighted by Gasteiger charge is -2.30. The molecule has 1 heterocycles. The largest absolute Gasteiger partial charge is 0.344 e. The van der Waals surface area contributed by atoms with Crippen LogP contribution in [0.2, 0.25) is 0 Å². The van der Waals surface area contributed by atoms with Crippen molar-refractivity contribution in [1.29, 1.82) is 0 Å². The van der Waals surface area contributed by atoms with Crippen LogP contribution in [0.5, 0.6) is 0 Å². The summed E-state index contributed by atoms with van der Waals surface area (Å²) < 4.78 is 0. The van der Waals surface area contributed by atoms with Crippen molar-refractivity contribution in [1.82, 2.24) is 15.1 Å². The van der Waals surface area contributed by atoms with Gasteiger partial charge in [0.1, 0.15) is 6.04 Å². The molecule has 2 amide bonds. The molecule has 0 saturated carbocycles. The molecule has 1 aliphatic heterocycles. The normalized spacial score (nSPS) is 22.9. The van der Waals surface area contributed by atoms with E-state index in [1.54, 1.807) is 0 Å². The minimum Gasteiger partial charge on any atom is -0.344 e. The van der Waals surface area contributed by atoms with Gasteiger partial charge in [-0.05, 0) is 40.4 Å². The van der Waals surface area contributed by atoms with Crippen molar-refractivity contribution < 1.29 is 9.59 Å². The van der Waals surface area contributed by atoms with Crippen molar-refractivity contribution in [3.63, 3.8) is 0 Å². The van der Waals surface area contributed by atoms with Crippen LogP contribution in [-0.2, 0) is 9.59 Å². The standard InChI is InChI=1S/C13H25N3O2/c1-5-11-13(18)16(9-7-12(17)14-11)10(2)6-8-15(3)4/h10-11H,5-9H2,1-4H3,(H,14,17). The predicted molar refractivity (Wildman–Crippen MR) is 71.2 cm³/mol. The maximum absolute atomic E-state index is 12.3. The number of carbonyl (C=O) groups excluding carboxylic acids is 2. The van der Waals surface area contributed by atoms with E-state index in [0.29, 0.717) is 19.4 Å². The van der Waals surface area contributed by atoms with Gasteiger partial charge in [-0.1, -0.05) is 6.92 Å². The van der Waals surface area contributed by atoms with Crippen LogP contribution in [0, 0.1) is 0 Å². The van der Waals surface area contributed by atoms with E-state index in [2.05, 4.69) is 17.1 Å². The van der Waals surface area contributed by atoms with Gasteiger partial charge in [-0.3, -0.25) is 9.59 Å². The minimum atomic E-state index is -0.346. The van der Waals surface area contributed by atoms with Crippen LogP contribution < -0.4 is 5.32 Å². The lowest BCUT2D eigenvalue weighted by molar-refractivity contribution is -0.135. The molecular formula is C13H25N3O2. The van der Waals surface area contributed by atoms with Crippen LogP contribution >= 0.6 is 0 Å². The van der Waals surface area contributed by atoms with E-state index in [0.717, 1.165) is 13.0 Å². The SMILES string of the molecule is CCC1NC(=O)CCN(C(C)CCN(C)C)C1=O. The average Bonchev–Trinajstić information content (AvgIpc) is 2.46. The lowest BCUT2D eigenvalue weighted by atomic mass is 10.1. The highest BCUT2D eigenvalue weighted by atomic mass is 16.2. The molecule has 2 unspecified atom stereocenters. The van der Waals surface area contributed by atoms with E-state index < -0.39 is 0 Å². The van der Waals surface area contributed by atoms with Gasteiger partial charge in [0.2, 0.25) is 11.8 Å². The van der Waals surface area contributed by atoms with Gasteiger partial charge in [-0.25, -0.2) is 0 Å². The van der Waals surface area contributed by atoms with Gasteiger partial charge < -0.3 is 15.1 Å². The molecule has 104 valence electrons. The second kappa shape index (κ2) is 6.73. The number of carbonyl (C=O) groups is 2. The van der Waals surface area contributed by atoms with E-state index in [4.69, 9.17) is 0 Å². The molecule has 0 aromatic carbocycles. The third-order valence-corrected chi connectivity index (χ3v) is 3.43. The molecule has 1 fully saturated rings. The molecule has 5 nitrogen and oxygen atoms in total. The zero-order valence-electron chi connectivity index (χ0n) is 11.9. The summed E-state index contributed by atoms with van der Waals surface area (Å²) in [5, 5.41) is 2.79. The molecule has 0 aromatic heterocycles. The first kappa shape index (κ1) is 15.0. The summed E-state index contributed by atoms with van der Waals surface area (Å²) in [6, 6.07) is -0.163. The van der Waals surface area contributed by atoms with Gasteiger partial charge in [0.05, 0.1) is 0 Å². The molecule has 0 aliphatic carbocycles. The zero-order valence-corrected chi connectivity index (χ0v) is 11.9. The van der Waals surface area contributed by atoms with Crippen LogP contribution in [0.15, 0.2) is 0 Å². The second-order valence-corrected chi connectivity index (χ2v) is 5.25. The number of nitrogens with zero attached hydrogens (tertiary/aromatic N) is 2. The Morgan fingerprint density at radius 2 is 2.11 bits per heavy atom. The average molecular weight is 255 g/mol. The summed E-state index contributed by atoms with van der Waals surface area (Å²) in [5.41, 5.74) is 0. The van der Waals surface area contributed by atoms with Crippen molar-refractivity contribution in [3.05, 3.63) is 0 Å². The van der Waals surface area contributed by atoms with Crippen LogP contribution in [0.3, 0.4) is 0 Å². The molecule has 0 spiro atoms. The highest BCUT2D eigenvalue weighted by molar-refractivity contribution is 5.90. The summed E-state index contributed by atoms with van der Waals surface area (Å²) in [6.45, 7) is 5.47. The lowest BCUT2D eigenvalue weighted by Crippen LogP contribution is -2.47. The number of nitrogens with one attached hydrogen (secondary N) is 1. The van der Waals surface area contributed by atoms with E-state index in [9.17, 15) is 9.59 Å². The number of hydrogen-bond donors (Lipinski definition) is 1. The Balaban J connectivity index is 2.66. The Kier molecular flexibility index (Phi) is 5.59. The van der Waals surface area contributed by atoms with E-state index in [1.807, 2.05) is 25.9 Å². The van der Waals surface area contributed by atoms with Crippen molar-refractivity contribution in [2.75, 3.05) is 27.2 Å². The first-order valence-electron chi connectivity index (χ1n) is 6.70. The molecule has 2 atom stereocenters. The maximum Gasteiger partial charge on any atom is 0.245 e. The van der Waals surface area contributed by atoms with Crippen molar-refractivity contribution in [2.24, 2.45) is 0 Å². The Morgan fingerprint density at radius 3 is 2.67 bits per heavy atom. The van der Waals surface area contributed by atoms with Gasteiger partial charge in [0, 0.05) is 19.0 Å². The Labute approximate surface area is 110 Å². The smallest absolute Gasteiger partial charge is 0.245 e. The summed E-state index contributed by atoms with van der Waals surface area (Å²) in [7, 11) is 4.05. The Hall–Kier alpha value is -1.10. The van der Waals surface area contributed by atoms with E-state index in [-0.39, 0.29) is 23.9 Å². The third-order valence-electron chi connectivity index (χ3n) is 3.43. The summed E-state index contributed by atoms with van der Waals surface area (Å²) >= 11 is 0. The molecule has 0 bridgehead atoms. The summed E-state index contributed by atoms with van der Waals surface area (Å²) in [5.74, 6) is 0.0483. The van der Waals surface area contributed by atoms with Gasteiger partial charge in [-0.15, -0.1) is 0 Å². The van der Waals surface area contributed by atoms with Crippen LogP contribution in [0.4, 0.5) is 0 Å². The Morgan fingerprint density at radius 1 is 1.44 bits per heavy atom. The van der Waals surface area contributed by atoms with Crippen LogP contribution in [0.1, 0.15) is 33.1 Å². The number of amides is 2. The fourth-order valence-electron chi connectivity index (χ4n) is 2.18. The second-order valence-electron chi connectivity index (χ2n) is 5.25. The third kappa shape index (κ3) is 3.98. The molecule has 1 rings (SSSR count). The summed E-state index contributed by atoms with van der Waals surface area (Å²) in [4.78, 5) is 27.8. The highest BCUT2D eigenvalue weighted by Crippen LogP contribution is 2.12. The fourth-order valence-corrected chi connectivity index (χ4v) is 2.18.